The van der Waals surface area contributed by atoms with Gasteiger partial charge in [0.2, 0.25) is 0 Å². The molecule has 0 atom stereocenters. The number of carbonyl (C=O) groups excluding carboxylic acids is 1. The van der Waals surface area contributed by atoms with Crippen LogP contribution in [0.2, 0.25) is 0 Å². The quantitative estimate of drug-likeness (QED) is 0.761. The molecule has 0 aliphatic carbocycles. The number of methoxy groups -OCH3 is 1. The van der Waals surface area contributed by atoms with Crippen LogP contribution in [-0.4, -0.2) is 31.6 Å². The molecule has 0 amide bonds. The van der Waals surface area contributed by atoms with Gasteiger partial charge in [0, 0.05) is 12.1 Å². The molecule has 17 heavy (non-hydrogen) atoms. The van der Waals surface area contributed by atoms with E-state index in [9.17, 15) is 4.79 Å². The number of hydrogen-bond donors (Lipinski definition) is 0. The molecule has 0 bridgehead atoms. The molecule has 1 aromatic heterocycles. The third-order valence-electron chi connectivity index (χ3n) is 2.31. The van der Waals surface area contributed by atoms with Crippen LogP contribution in [0.25, 0.3) is 0 Å². The van der Waals surface area contributed by atoms with Gasteiger partial charge >= 0.3 is 5.97 Å². The van der Waals surface area contributed by atoms with Crippen molar-refractivity contribution in [3.8, 4) is 0 Å². The molecule has 0 fully saturated rings. The van der Waals surface area contributed by atoms with E-state index in [0.717, 1.165) is 12.3 Å². The van der Waals surface area contributed by atoms with Crippen molar-refractivity contribution in [2.75, 3.05) is 20.7 Å². The van der Waals surface area contributed by atoms with E-state index in [0.29, 0.717) is 17.9 Å². The molecule has 0 aromatic carbocycles. The third-order valence-corrected chi connectivity index (χ3v) is 2.48. The van der Waals surface area contributed by atoms with Crippen LogP contribution < -0.4 is 0 Å². The Labute approximate surface area is 106 Å². The first kappa shape index (κ1) is 13.8. The summed E-state index contributed by atoms with van der Waals surface area (Å²) in [5.41, 5.74) is 1.95. The van der Waals surface area contributed by atoms with E-state index in [1.807, 2.05) is 18.0 Å². The Bertz CT molecular complexity index is 412. The highest BCUT2D eigenvalue weighted by Gasteiger charge is 2.15. The summed E-state index contributed by atoms with van der Waals surface area (Å²) in [6.45, 7) is 3.07. The van der Waals surface area contributed by atoms with Crippen LogP contribution in [0.5, 0.6) is 0 Å². The van der Waals surface area contributed by atoms with Gasteiger partial charge in [0.25, 0.3) is 0 Å². The Kier molecular flexibility index (Phi) is 5.25. The molecule has 4 nitrogen and oxygen atoms in total. The second-order valence-corrected chi connectivity index (χ2v) is 3.98. The fourth-order valence-electron chi connectivity index (χ4n) is 1.48. The predicted octanol–water partition coefficient (Wildman–Crippen LogP) is 2.56. The van der Waals surface area contributed by atoms with Crippen molar-refractivity contribution in [3.63, 3.8) is 0 Å². The average Bonchev–Trinajstić information content (AvgIpc) is 2.66. The van der Waals surface area contributed by atoms with Gasteiger partial charge in [0.05, 0.1) is 13.7 Å². The highest BCUT2D eigenvalue weighted by Crippen LogP contribution is 2.16. The van der Waals surface area contributed by atoms with Crippen molar-refractivity contribution in [3.05, 3.63) is 34.8 Å². The normalized spacial score (nSPS) is 11.4. The number of carbonyl (C=O) groups is 1. The zero-order valence-electron chi connectivity index (χ0n) is 10.2. The molecule has 1 heterocycles. The van der Waals surface area contributed by atoms with Gasteiger partial charge in [-0.3, -0.25) is 4.90 Å². The molecule has 5 heteroatoms. The maximum atomic E-state index is 11.4. The van der Waals surface area contributed by atoms with Crippen LogP contribution in [0.4, 0.5) is 0 Å². The minimum atomic E-state index is -0.374. The van der Waals surface area contributed by atoms with Crippen LogP contribution >= 0.6 is 11.6 Å². The van der Waals surface area contributed by atoms with Gasteiger partial charge in [-0.1, -0.05) is 17.7 Å². The maximum Gasteiger partial charge on any atom is 0.341 e. The van der Waals surface area contributed by atoms with Crippen LogP contribution in [0.3, 0.4) is 0 Å². The van der Waals surface area contributed by atoms with E-state index in [2.05, 4.69) is 4.74 Å². The topological polar surface area (TPSA) is 42.7 Å². The predicted molar refractivity (Wildman–Crippen MR) is 66.1 cm³/mol. The van der Waals surface area contributed by atoms with Crippen molar-refractivity contribution in [2.24, 2.45) is 0 Å². The first-order chi connectivity index (χ1) is 8.08. The molecule has 0 spiro atoms. The molecule has 0 N–H and O–H groups in total. The standard InChI is InChI=1S/C12H16ClNO3/c1-9-11(12(15)16-3)7-10(17-9)8-14(2)6-4-5-13/h4-5,7H,6,8H2,1-3H3/b5-4+. The van der Waals surface area contributed by atoms with Crippen molar-refractivity contribution in [1.29, 1.82) is 0 Å². The van der Waals surface area contributed by atoms with E-state index >= 15 is 0 Å². The molecule has 0 aliphatic rings. The van der Waals surface area contributed by atoms with Crippen LogP contribution in [-0.2, 0) is 11.3 Å². The minimum absolute atomic E-state index is 0.374. The molecule has 0 radical (unpaired) electrons. The Morgan fingerprint density at radius 3 is 2.94 bits per heavy atom. The lowest BCUT2D eigenvalue weighted by Gasteiger charge is -2.11. The SMILES string of the molecule is COC(=O)c1cc(CN(C)C/C=C/Cl)oc1C. The van der Waals surface area contributed by atoms with E-state index in [1.54, 1.807) is 13.0 Å². The number of aryl methyl sites for hydroxylation is 1. The number of halogens is 1. The summed E-state index contributed by atoms with van der Waals surface area (Å²) in [5, 5.41) is 0. The maximum absolute atomic E-state index is 11.4. The number of furan rings is 1. The summed E-state index contributed by atoms with van der Waals surface area (Å²) >= 11 is 5.45. The highest BCUT2D eigenvalue weighted by atomic mass is 35.5. The number of ether oxygens (including phenoxy) is 1. The lowest BCUT2D eigenvalue weighted by molar-refractivity contribution is 0.0599. The summed E-state index contributed by atoms with van der Waals surface area (Å²) in [4.78, 5) is 13.4. The second-order valence-electron chi connectivity index (χ2n) is 3.73. The molecule has 94 valence electrons. The second kappa shape index (κ2) is 6.47. The molecule has 0 aliphatic heterocycles. The van der Waals surface area contributed by atoms with Gasteiger partial charge in [0.1, 0.15) is 17.1 Å². The highest BCUT2D eigenvalue weighted by molar-refractivity contribution is 6.25. The fraction of sp³-hybridized carbons (Fsp3) is 0.417. The van der Waals surface area contributed by atoms with Crippen molar-refractivity contribution in [1.82, 2.24) is 4.90 Å². The molecule has 1 rings (SSSR count). The zero-order valence-corrected chi connectivity index (χ0v) is 11.0. The first-order valence-corrected chi connectivity index (χ1v) is 5.63. The van der Waals surface area contributed by atoms with Gasteiger partial charge < -0.3 is 9.15 Å². The average molecular weight is 258 g/mol. The number of hydrogen-bond acceptors (Lipinski definition) is 4. The Morgan fingerprint density at radius 1 is 1.65 bits per heavy atom. The largest absolute Gasteiger partial charge is 0.465 e. The third kappa shape index (κ3) is 3.91. The molecule has 0 unspecified atom stereocenters. The number of likely N-dealkylation sites (N-methyl/N-ethyl adjacent to an activating group) is 1. The van der Waals surface area contributed by atoms with Crippen LogP contribution in [0, 0.1) is 6.92 Å². The number of rotatable bonds is 5. The molecule has 1 aromatic rings. The number of nitrogens with zero attached hydrogens (tertiary/aromatic N) is 1. The smallest absolute Gasteiger partial charge is 0.341 e. The first-order valence-electron chi connectivity index (χ1n) is 5.20. The molecular weight excluding hydrogens is 242 g/mol. The van der Waals surface area contributed by atoms with E-state index in [-0.39, 0.29) is 5.97 Å². The van der Waals surface area contributed by atoms with Gasteiger partial charge in [-0.05, 0) is 20.0 Å². The summed E-state index contributed by atoms with van der Waals surface area (Å²) in [6.07, 6.45) is 1.83. The lowest BCUT2D eigenvalue weighted by atomic mass is 10.2. The van der Waals surface area contributed by atoms with Gasteiger partial charge in [0.15, 0.2) is 0 Å². The minimum Gasteiger partial charge on any atom is -0.465 e. The number of esters is 1. The Balaban J connectivity index is 2.70. The van der Waals surface area contributed by atoms with E-state index < -0.39 is 0 Å². The van der Waals surface area contributed by atoms with E-state index in [4.69, 9.17) is 16.0 Å². The van der Waals surface area contributed by atoms with Gasteiger partial charge in [-0.2, -0.15) is 0 Å². The summed E-state index contributed by atoms with van der Waals surface area (Å²) < 4.78 is 10.1. The Morgan fingerprint density at radius 2 is 2.35 bits per heavy atom. The monoisotopic (exact) mass is 257 g/mol. The van der Waals surface area contributed by atoms with Crippen molar-refractivity contribution >= 4 is 17.6 Å². The van der Waals surface area contributed by atoms with Gasteiger partial charge in [-0.25, -0.2) is 4.79 Å². The summed E-state index contributed by atoms with van der Waals surface area (Å²) in [6, 6.07) is 1.71. The van der Waals surface area contributed by atoms with Crippen molar-refractivity contribution < 1.29 is 13.9 Å². The zero-order chi connectivity index (χ0) is 12.8. The van der Waals surface area contributed by atoms with Crippen LogP contribution in [0.1, 0.15) is 21.9 Å². The summed E-state index contributed by atoms with van der Waals surface area (Å²) in [5.74, 6) is 0.933. The summed E-state index contributed by atoms with van der Waals surface area (Å²) in [7, 11) is 3.29. The molecule has 0 saturated heterocycles. The molecule has 0 saturated carbocycles. The molecular formula is C12H16ClNO3. The van der Waals surface area contributed by atoms with Gasteiger partial charge in [-0.15, -0.1) is 0 Å². The van der Waals surface area contributed by atoms with E-state index in [1.165, 1.54) is 12.6 Å². The Hall–Kier alpha value is -1.26. The lowest BCUT2D eigenvalue weighted by Crippen LogP contribution is -2.17. The van der Waals surface area contributed by atoms with Crippen molar-refractivity contribution in [2.45, 2.75) is 13.5 Å². The van der Waals surface area contributed by atoms with Crippen LogP contribution in [0.15, 0.2) is 22.1 Å². The fourth-order valence-corrected chi connectivity index (χ4v) is 1.56.